The first-order valence-electron chi connectivity index (χ1n) is 4.61. The van der Waals surface area contributed by atoms with E-state index in [4.69, 9.17) is 5.73 Å². The Labute approximate surface area is 91.5 Å². The number of rotatable bonds is 2. The van der Waals surface area contributed by atoms with Gasteiger partial charge in [0.15, 0.2) is 0 Å². The number of anilines is 1. The van der Waals surface area contributed by atoms with Gasteiger partial charge in [-0.1, -0.05) is 0 Å². The molecule has 0 amide bonds. The fourth-order valence-corrected chi connectivity index (χ4v) is 1.47. The van der Waals surface area contributed by atoms with Gasteiger partial charge in [0, 0.05) is 11.3 Å². The molecule has 0 spiro atoms. The molecule has 1 aromatic heterocycles. The Morgan fingerprint density at radius 2 is 2.00 bits per heavy atom. The zero-order valence-electron chi connectivity index (χ0n) is 8.62. The fraction of sp³-hybridized carbons (Fsp3) is 0.100. The SMILES string of the molecule is Cn1c([N+](=O)[O-])cnc1-c1ccc(N)cc1. The van der Waals surface area contributed by atoms with E-state index in [9.17, 15) is 10.1 Å². The van der Waals surface area contributed by atoms with Gasteiger partial charge in [0.05, 0.1) is 7.05 Å². The Morgan fingerprint density at radius 1 is 1.38 bits per heavy atom. The summed E-state index contributed by atoms with van der Waals surface area (Å²) in [7, 11) is 1.61. The van der Waals surface area contributed by atoms with Crippen LogP contribution in [0, 0.1) is 10.1 Å². The summed E-state index contributed by atoms with van der Waals surface area (Å²) in [4.78, 5) is 14.2. The number of nitrogens with two attached hydrogens (primary N) is 1. The van der Waals surface area contributed by atoms with Gasteiger partial charge < -0.3 is 15.8 Å². The molecular formula is C10H10N4O2. The molecule has 82 valence electrons. The lowest BCUT2D eigenvalue weighted by atomic mass is 10.2. The number of imidazole rings is 1. The van der Waals surface area contributed by atoms with Crippen LogP contribution in [-0.4, -0.2) is 14.5 Å². The standard InChI is InChI=1S/C10H10N4O2/c1-13-9(14(15)16)6-12-10(13)7-2-4-8(11)5-3-7/h2-6H,11H2,1H3. The molecule has 6 nitrogen and oxygen atoms in total. The lowest BCUT2D eigenvalue weighted by Crippen LogP contribution is -1.98. The number of nitrogen functional groups attached to an aromatic ring is 1. The number of hydrogen-bond acceptors (Lipinski definition) is 4. The maximum Gasteiger partial charge on any atom is 0.342 e. The third-order valence-electron chi connectivity index (χ3n) is 2.32. The largest absolute Gasteiger partial charge is 0.399 e. The molecule has 2 rings (SSSR count). The molecule has 0 saturated carbocycles. The third-order valence-corrected chi connectivity index (χ3v) is 2.32. The van der Waals surface area contributed by atoms with Crippen LogP contribution in [-0.2, 0) is 7.05 Å². The van der Waals surface area contributed by atoms with Crippen LogP contribution in [0.3, 0.4) is 0 Å². The van der Waals surface area contributed by atoms with E-state index in [2.05, 4.69) is 4.98 Å². The van der Waals surface area contributed by atoms with Gasteiger partial charge in [-0.05, 0) is 29.2 Å². The van der Waals surface area contributed by atoms with Crippen LogP contribution in [0.25, 0.3) is 11.4 Å². The minimum atomic E-state index is -0.464. The van der Waals surface area contributed by atoms with Crippen LogP contribution >= 0.6 is 0 Å². The Bertz CT molecular complexity index is 530. The maximum absolute atomic E-state index is 10.6. The summed E-state index contributed by atoms with van der Waals surface area (Å²) < 4.78 is 1.44. The van der Waals surface area contributed by atoms with E-state index in [1.54, 1.807) is 31.3 Å². The molecule has 0 saturated heterocycles. The first kappa shape index (κ1) is 10.2. The molecule has 6 heteroatoms. The van der Waals surface area contributed by atoms with Crippen LogP contribution < -0.4 is 5.73 Å². The smallest absolute Gasteiger partial charge is 0.342 e. The number of nitro groups is 1. The summed E-state index contributed by atoms with van der Waals surface area (Å²) >= 11 is 0. The highest BCUT2D eigenvalue weighted by molar-refractivity contribution is 5.60. The molecule has 2 aromatic rings. The highest BCUT2D eigenvalue weighted by atomic mass is 16.6. The van der Waals surface area contributed by atoms with E-state index in [0.29, 0.717) is 11.5 Å². The van der Waals surface area contributed by atoms with Crippen molar-refractivity contribution in [2.75, 3.05) is 5.73 Å². The molecule has 0 atom stereocenters. The maximum atomic E-state index is 10.6. The van der Waals surface area contributed by atoms with E-state index in [-0.39, 0.29) is 5.82 Å². The average molecular weight is 218 g/mol. The topological polar surface area (TPSA) is 87.0 Å². The monoisotopic (exact) mass is 218 g/mol. The molecule has 0 fully saturated rings. The van der Waals surface area contributed by atoms with Crippen molar-refractivity contribution < 1.29 is 4.92 Å². The van der Waals surface area contributed by atoms with Crippen LogP contribution in [0.1, 0.15) is 0 Å². The second-order valence-electron chi connectivity index (χ2n) is 3.38. The summed E-state index contributed by atoms with van der Waals surface area (Å²) in [6, 6.07) is 7.02. The predicted molar refractivity (Wildman–Crippen MR) is 59.7 cm³/mol. The summed E-state index contributed by atoms with van der Waals surface area (Å²) in [6.07, 6.45) is 1.24. The normalized spacial score (nSPS) is 10.3. The fourth-order valence-electron chi connectivity index (χ4n) is 1.47. The average Bonchev–Trinajstić information content (AvgIpc) is 2.61. The van der Waals surface area contributed by atoms with Crippen molar-refractivity contribution in [1.29, 1.82) is 0 Å². The zero-order valence-corrected chi connectivity index (χ0v) is 8.62. The van der Waals surface area contributed by atoms with Gasteiger partial charge in [-0.15, -0.1) is 0 Å². The van der Waals surface area contributed by atoms with Gasteiger partial charge in [-0.2, -0.15) is 0 Å². The lowest BCUT2D eigenvalue weighted by Gasteiger charge is -1.99. The minimum Gasteiger partial charge on any atom is -0.399 e. The van der Waals surface area contributed by atoms with Gasteiger partial charge in [-0.3, -0.25) is 0 Å². The van der Waals surface area contributed by atoms with E-state index in [1.165, 1.54) is 10.8 Å². The molecule has 1 aromatic carbocycles. The second-order valence-corrected chi connectivity index (χ2v) is 3.38. The highest BCUT2D eigenvalue weighted by Gasteiger charge is 2.17. The van der Waals surface area contributed by atoms with E-state index >= 15 is 0 Å². The highest BCUT2D eigenvalue weighted by Crippen LogP contribution is 2.22. The summed E-state index contributed by atoms with van der Waals surface area (Å²) in [6.45, 7) is 0. The number of nitrogens with zero attached hydrogens (tertiary/aromatic N) is 3. The van der Waals surface area contributed by atoms with Crippen molar-refractivity contribution >= 4 is 11.5 Å². The van der Waals surface area contributed by atoms with Gasteiger partial charge in [0.25, 0.3) is 0 Å². The second kappa shape index (κ2) is 3.65. The molecular weight excluding hydrogens is 208 g/mol. The minimum absolute atomic E-state index is 0.0353. The summed E-state index contributed by atoms with van der Waals surface area (Å²) in [5, 5.41) is 10.6. The van der Waals surface area contributed by atoms with E-state index in [0.717, 1.165) is 5.56 Å². The van der Waals surface area contributed by atoms with Gasteiger partial charge in [-0.25, -0.2) is 9.55 Å². The van der Waals surface area contributed by atoms with Crippen molar-refractivity contribution in [3.05, 3.63) is 40.6 Å². The van der Waals surface area contributed by atoms with Crippen molar-refractivity contribution in [3.63, 3.8) is 0 Å². The Kier molecular flexibility index (Phi) is 2.32. The quantitative estimate of drug-likeness (QED) is 0.471. The van der Waals surface area contributed by atoms with Gasteiger partial charge >= 0.3 is 5.82 Å². The van der Waals surface area contributed by atoms with E-state index in [1.807, 2.05) is 0 Å². The molecule has 0 unspecified atom stereocenters. The van der Waals surface area contributed by atoms with Crippen LogP contribution in [0.2, 0.25) is 0 Å². The molecule has 0 aliphatic carbocycles. The van der Waals surface area contributed by atoms with Crippen LogP contribution in [0.15, 0.2) is 30.5 Å². The van der Waals surface area contributed by atoms with Crippen molar-refractivity contribution in [3.8, 4) is 11.4 Å². The molecule has 0 aliphatic heterocycles. The predicted octanol–water partition coefficient (Wildman–Crippen LogP) is 1.58. The third kappa shape index (κ3) is 1.60. The number of benzene rings is 1. The van der Waals surface area contributed by atoms with Crippen molar-refractivity contribution in [2.45, 2.75) is 0 Å². The lowest BCUT2D eigenvalue weighted by molar-refractivity contribution is -0.391. The Balaban J connectivity index is 2.49. The molecule has 2 N–H and O–H groups in total. The first-order chi connectivity index (χ1) is 7.59. The van der Waals surface area contributed by atoms with Gasteiger partial charge in [0.2, 0.25) is 5.82 Å². The van der Waals surface area contributed by atoms with Gasteiger partial charge in [0.1, 0.15) is 6.20 Å². The molecule has 0 bridgehead atoms. The van der Waals surface area contributed by atoms with Crippen LogP contribution in [0.5, 0.6) is 0 Å². The summed E-state index contributed by atoms with van der Waals surface area (Å²) in [5.41, 5.74) is 7.00. The van der Waals surface area contributed by atoms with Crippen molar-refractivity contribution in [1.82, 2.24) is 9.55 Å². The van der Waals surface area contributed by atoms with E-state index < -0.39 is 4.92 Å². The molecule has 0 radical (unpaired) electrons. The molecule has 1 heterocycles. The number of aromatic nitrogens is 2. The Morgan fingerprint density at radius 3 is 2.50 bits per heavy atom. The number of hydrogen-bond donors (Lipinski definition) is 1. The molecule has 16 heavy (non-hydrogen) atoms. The zero-order chi connectivity index (χ0) is 11.7. The first-order valence-corrected chi connectivity index (χ1v) is 4.61. The van der Waals surface area contributed by atoms with Crippen LogP contribution in [0.4, 0.5) is 11.5 Å². The summed E-state index contributed by atoms with van der Waals surface area (Å²) in [5.74, 6) is 0.513. The molecule has 0 aliphatic rings. The van der Waals surface area contributed by atoms with Crippen molar-refractivity contribution in [2.24, 2.45) is 7.05 Å². The Hall–Kier alpha value is -2.37.